The molecule has 0 aliphatic rings. The van der Waals surface area contributed by atoms with Gasteiger partial charge in [-0.2, -0.15) is 0 Å². The Morgan fingerprint density at radius 2 is 1.93 bits per heavy atom. The van der Waals surface area contributed by atoms with Crippen molar-refractivity contribution in [2.75, 3.05) is 13.7 Å². The average molecular weight is 460 g/mol. The largest absolute Gasteiger partial charge is 0.497 e. The number of nitrogens with one attached hydrogen (secondary N) is 1. The second-order valence-corrected chi connectivity index (χ2v) is 8.43. The summed E-state index contributed by atoms with van der Waals surface area (Å²) < 4.78 is 8.17. The van der Waals surface area contributed by atoms with Gasteiger partial charge in [-0.3, -0.25) is 9.36 Å². The molecule has 5 nitrogen and oxygen atoms in total. The number of imidazole rings is 1. The van der Waals surface area contributed by atoms with Crippen LogP contribution in [0.15, 0.2) is 70.6 Å². The lowest BCUT2D eigenvalue weighted by atomic mass is 10.1. The quantitative estimate of drug-likeness (QED) is 0.504. The number of aromatic nitrogens is 2. The van der Waals surface area contributed by atoms with E-state index in [-0.39, 0.29) is 11.2 Å². The molecular weight excluding hydrogens is 438 g/mol. The number of methoxy groups -OCH3 is 1. The van der Waals surface area contributed by atoms with Gasteiger partial charge >= 0.3 is 0 Å². The Hall–Kier alpha value is -2.25. The lowest BCUT2D eigenvalue weighted by Crippen LogP contribution is -2.32. The lowest BCUT2D eigenvalue weighted by Gasteiger charge is -2.13. The molecular formula is C21H22BrN3O2S. The first-order valence-corrected chi connectivity index (χ1v) is 10.6. The van der Waals surface area contributed by atoms with Crippen molar-refractivity contribution < 1.29 is 9.53 Å². The Morgan fingerprint density at radius 1 is 1.21 bits per heavy atom. The zero-order valence-electron chi connectivity index (χ0n) is 15.8. The summed E-state index contributed by atoms with van der Waals surface area (Å²) >= 11 is 4.89. The number of carbonyl (C=O) groups excluding carboxylic acids is 1. The van der Waals surface area contributed by atoms with Crippen molar-refractivity contribution in [3.05, 3.63) is 71.0 Å². The van der Waals surface area contributed by atoms with Crippen molar-refractivity contribution in [2.45, 2.75) is 23.8 Å². The van der Waals surface area contributed by atoms with Gasteiger partial charge in [0.1, 0.15) is 5.75 Å². The number of rotatable bonds is 8. The molecule has 1 unspecified atom stereocenters. The molecule has 28 heavy (non-hydrogen) atoms. The van der Waals surface area contributed by atoms with Gasteiger partial charge in [0.2, 0.25) is 5.91 Å². The van der Waals surface area contributed by atoms with E-state index in [0.29, 0.717) is 6.54 Å². The first-order chi connectivity index (χ1) is 13.6. The molecule has 3 rings (SSSR count). The molecule has 146 valence electrons. The van der Waals surface area contributed by atoms with E-state index in [1.165, 1.54) is 11.8 Å². The van der Waals surface area contributed by atoms with Gasteiger partial charge in [0.05, 0.1) is 12.4 Å². The summed E-state index contributed by atoms with van der Waals surface area (Å²) in [4.78, 5) is 16.9. The molecule has 1 aromatic heterocycles. The molecule has 0 fully saturated rings. The van der Waals surface area contributed by atoms with E-state index in [2.05, 4.69) is 26.2 Å². The van der Waals surface area contributed by atoms with Gasteiger partial charge in [0, 0.05) is 29.1 Å². The SMILES string of the molecule is COc1ccc(CCNC(=O)C(C)Sc2nccn2-c2ccc(Br)cc2)cc1. The highest BCUT2D eigenvalue weighted by molar-refractivity contribution is 9.10. The van der Waals surface area contributed by atoms with E-state index >= 15 is 0 Å². The summed E-state index contributed by atoms with van der Waals surface area (Å²) in [6.45, 7) is 2.49. The van der Waals surface area contributed by atoms with Crippen LogP contribution in [0.2, 0.25) is 0 Å². The summed E-state index contributed by atoms with van der Waals surface area (Å²) in [6, 6.07) is 15.9. The zero-order chi connectivity index (χ0) is 19.9. The summed E-state index contributed by atoms with van der Waals surface area (Å²) in [5.74, 6) is 0.836. The molecule has 3 aromatic rings. The Balaban J connectivity index is 1.53. The smallest absolute Gasteiger partial charge is 0.233 e. The molecule has 0 spiro atoms. The van der Waals surface area contributed by atoms with E-state index < -0.39 is 0 Å². The molecule has 0 radical (unpaired) electrons. The highest BCUT2D eigenvalue weighted by atomic mass is 79.9. The Kier molecular flexibility index (Phi) is 7.17. The Labute approximate surface area is 177 Å². The third-order valence-corrected chi connectivity index (χ3v) is 5.84. The van der Waals surface area contributed by atoms with E-state index in [0.717, 1.165) is 33.1 Å². The monoisotopic (exact) mass is 459 g/mol. The molecule has 1 atom stereocenters. The third kappa shape index (κ3) is 5.39. The summed E-state index contributed by atoms with van der Waals surface area (Å²) in [5, 5.41) is 3.55. The Bertz CT molecular complexity index is 910. The minimum absolute atomic E-state index is 0.00358. The van der Waals surface area contributed by atoms with Crippen LogP contribution in [0.4, 0.5) is 0 Å². The summed E-state index contributed by atoms with van der Waals surface area (Å²) in [7, 11) is 1.65. The standard InChI is InChI=1S/C21H22BrN3O2S/c1-15(20(26)23-12-11-16-3-9-19(27-2)10-4-16)28-21-24-13-14-25(21)18-7-5-17(22)6-8-18/h3-10,13-15H,11-12H2,1-2H3,(H,23,26). The van der Waals surface area contributed by atoms with Crippen molar-refractivity contribution >= 4 is 33.6 Å². The maximum atomic E-state index is 12.5. The van der Waals surface area contributed by atoms with Crippen molar-refractivity contribution in [1.29, 1.82) is 0 Å². The minimum atomic E-state index is -0.243. The number of hydrogen-bond acceptors (Lipinski definition) is 4. The van der Waals surface area contributed by atoms with E-state index in [1.54, 1.807) is 13.3 Å². The number of benzene rings is 2. The normalized spacial score (nSPS) is 11.8. The molecule has 1 N–H and O–H groups in total. The molecule has 2 aromatic carbocycles. The molecule has 1 amide bonds. The number of thioether (sulfide) groups is 1. The van der Waals surface area contributed by atoms with Crippen LogP contribution < -0.4 is 10.1 Å². The maximum Gasteiger partial charge on any atom is 0.233 e. The molecule has 0 bridgehead atoms. The van der Waals surface area contributed by atoms with Crippen LogP contribution >= 0.6 is 27.7 Å². The van der Waals surface area contributed by atoms with Crippen LogP contribution in [0.25, 0.3) is 5.69 Å². The van der Waals surface area contributed by atoms with Gasteiger partial charge in [-0.05, 0) is 55.3 Å². The zero-order valence-corrected chi connectivity index (χ0v) is 18.2. The van der Waals surface area contributed by atoms with Crippen molar-refractivity contribution in [2.24, 2.45) is 0 Å². The molecule has 0 saturated heterocycles. The fraction of sp³-hybridized carbons (Fsp3) is 0.238. The van der Waals surface area contributed by atoms with Gasteiger partial charge in [-0.25, -0.2) is 4.98 Å². The summed E-state index contributed by atoms with van der Waals surface area (Å²) in [5.41, 5.74) is 2.17. The maximum absolute atomic E-state index is 12.5. The Morgan fingerprint density at radius 3 is 2.61 bits per heavy atom. The van der Waals surface area contributed by atoms with Crippen molar-refractivity contribution in [3.8, 4) is 11.4 Å². The molecule has 0 aliphatic heterocycles. The topological polar surface area (TPSA) is 56.1 Å². The molecule has 7 heteroatoms. The minimum Gasteiger partial charge on any atom is -0.497 e. The fourth-order valence-electron chi connectivity index (χ4n) is 2.65. The van der Waals surface area contributed by atoms with Crippen LogP contribution in [-0.2, 0) is 11.2 Å². The molecule has 0 saturated carbocycles. The van der Waals surface area contributed by atoms with Crippen molar-refractivity contribution in [3.63, 3.8) is 0 Å². The van der Waals surface area contributed by atoms with Gasteiger partial charge in [-0.15, -0.1) is 0 Å². The second-order valence-electron chi connectivity index (χ2n) is 6.21. The number of halogens is 1. The van der Waals surface area contributed by atoms with Gasteiger partial charge in [-0.1, -0.05) is 39.8 Å². The predicted molar refractivity (Wildman–Crippen MR) is 116 cm³/mol. The first kappa shape index (κ1) is 20.5. The van der Waals surface area contributed by atoms with Gasteiger partial charge in [0.25, 0.3) is 0 Å². The highest BCUT2D eigenvalue weighted by Gasteiger charge is 2.17. The predicted octanol–water partition coefficient (Wildman–Crippen LogP) is 4.48. The lowest BCUT2D eigenvalue weighted by molar-refractivity contribution is -0.120. The first-order valence-electron chi connectivity index (χ1n) is 8.93. The van der Waals surface area contributed by atoms with Crippen molar-refractivity contribution in [1.82, 2.24) is 14.9 Å². The number of hydrogen-bond donors (Lipinski definition) is 1. The van der Waals surface area contributed by atoms with Crippen LogP contribution in [0.5, 0.6) is 5.75 Å². The van der Waals surface area contributed by atoms with Crippen LogP contribution in [0.3, 0.4) is 0 Å². The molecule has 1 heterocycles. The average Bonchev–Trinajstić information content (AvgIpc) is 3.17. The van der Waals surface area contributed by atoms with Crippen LogP contribution in [0.1, 0.15) is 12.5 Å². The molecule has 0 aliphatic carbocycles. The fourth-order valence-corrected chi connectivity index (χ4v) is 3.83. The third-order valence-electron chi connectivity index (χ3n) is 4.23. The highest BCUT2D eigenvalue weighted by Crippen LogP contribution is 2.25. The van der Waals surface area contributed by atoms with Crippen LogP contribution in [-0.4, -0.2) is 34.4 Å². The van der Waals surface area contributed by atoms with Gasteiger partial charge < -0.3 is 10.1 Å². The number of amides is 1. The van der Waals surface area contributed by atoms with E-state index in [1.807, 2.05) is 66.2 Å². The second kappa shape index (κ2) is 9.80. The number of nitrogens with zero attached hydrogens (tertiary/aromatic N) is 2. The summed E-state index contributed by atoms with van der Waals surface area (Å²) in [6.07, 6.45) is 4.43. The number of ether oxygens (including phenoxy) is 1. The number of carbonyl (C=O) groups is 1. The van der Waals surface area contributed by atoms with Gasteiger partial charge in [0.15, 0.2) is 5.16 Å². The van der Waals surface area contributed by atoms with Crippen LogP contribution in [0, 0.1) is 0 Å². The van der Waals surface area contributed by atoms with E-state index in [9.17, 15) is 4.79 Å². The van der Waals surface area contributed by atoms with E-state index in [4.69, 9.17) is 4.74 Å².